The second-order valence-electron chi connectivity index (χ2n) is 6.58. The zero-order valence-corrected chi connectivity index (χ0v) is 16.8. The highest BCUT2D eigenvalue weighted by Crippen LogP contribution is 2.44. The van der Waals surface area contributed by atoms with Crippen LogP contribution in [0.4, 0.5) is 0 Å². The summed E-state index contributed by atoms with van der Waals surface area (Å²) in [6.45, 7) is 0. The molecule has 2 aromatic carbocycles. The first-order valence-corrected chi connectivity index (χ1v) is 10.8. The number of nitrogens with zero attached hydrogens (tertiary/aromatic N) is 3. The van der Waals surface area contributed by atoms with Crippen molar-refractivity contribution in [3.05, 3.63) is 88.5 Å². The van der Waals surface area contributed by atoms with Crippen LogP contribution in [0.25, 0.3) is 22.3 Å². The van der Waals surface area contributed by atoms with Crippen molar-refractivity contribution >= 4 is 24.3 Å². The molecule has 0 spiro atoms. The SMILES string of the molecule is O=C(NOP(=O)(O)Cc1ccc2ccccc2c1)c1cnc(-c2cccnn2)[nH]c1=O. The molecule has 1 amide bonds. The van der Waals surface area contributed by atoms with E-state index in [0.29, 0.717) is 11.3 Å². The molecule has 10 nitrogen and oxygen atoms in total. The summed E-state index contributed by atoms with van der Waals surface area (Å²) in [6, 6.07) is 16.1. The third kappa shape index (κ3) is 4.89. The molecule has 11 heteroatoms. The molecular weight excluding hydrogens is 421 g/mol. The van der Waals surface area contributed by atoms with Gasteiger partial charge in [-0.05, 0) is 28.5 Å². The average Bonchev–Trinajstić information content (AvgIpc) is 2.78. The van der Waals surface area contributed by atoms with Gasteiger partial charge in [-0.3, -0.25) is 14.2 Å². The maximum Gasteiger partial charge on any atom is 0.353 e. The van der Waals surface area contributed by atoms with Gasteiger partial charge in [-0.15, -0.1) is 5.10 Å². The lowest BCUT2D eigenvalue weighted by atomic mass is 10.1. The minimum absolute atomic E-state index is 0.125. The number of carbonyl (C=O) groups excluding carboxylic acids is 1. The number of benzene rings is 2. The summed E-state index contributed by atoms with van der Waals surface area (Å²) in [4.78, 5) is 40.9. The van der Waals surface area contributed by atoms with Crippen LogP contribution in [-0.4, -0.2) is 31.0 Å². The van der Waals surface area contributed by atoms with Gasteiger partial charge in [0.05, 0.1) is 6.16 Å². The normalized spacial score (nSPS) is 12.9. The van der Waals surface area contributed by atoms with Crippen molar-refractivity contribution in [1.29, 1.82) is 0 Å². The fourth-order valence-electron chi connectivity index (χ4n) is 2.88. The molecule has 4 aromatic rings. The van der Waals surface area contributed by atoms with Gasteiger partial charge in [-0.25, -0.2) is 10.5 Å². The number of amides is 1. The zero-order valence-electron chi connectivity index (χ0n) is 15.9. The number of fused-ring (bicyclic) bond motifs is 1. The highest BCUT2D eigenvalue weighted by atomic mass is 31.2. The van der Waals surface area contributed by atoms with Crippen molar-refractivity contribution in [2.24, 2.45) is 0 Å². The van der Waals surface area contributed by atoms with Crippen molar-refractivity contribution in [2.75, 3.05) is 0 Å². The Balaban J connectivity index is 1.43. The Hall–Kier alpha value is -3.72. The van der Waals surface area contributed by atoms with Gasteiger partial charge in [0.1, 0.15) is 11.3 Å². The quantitative estimate of drug-likeness (QED) is 0.308. The first-order chi connectivity index (χ1) is 14.9. The summed E-state index contributed by atoms with van der Waals surface area (Å²) in [5.74, 6) is -0.882. The summed E-state index contributed by atoms with van der Waals surface area (Å²) in [5.41, 5.74) is 1.58. The largest absolute Gasteiger partial charge is 0.353 e. The van der Waals surface area contributed by atoms with Gasteiger partial charge in [-0.1, -0.05) is 42.5 Å². The maximum atomic E-state index is 12.4. The fraction of sp³-hybridized carbons (Fsp3) is 0.0500. The molecule has 156 valence electrons. The number of H-pyrrole nitrogens is 1. The molecule has 0 saturated heterocycles. The van der Waals surface area contributed by atoms with Crippen molar-refractivity contribution in [2.45, 2.75) is 6.16 Å². The Morgan fingerprint density at radius 2 is 1.94 bits per heavy atom. The molecule has 1 unspecified atom stereocenters. The topological polar surface area (TPSA) is 147 Å². The van der Waals surface area contributed by atoms with Crippen molar-refractivity contribution in [3.8, 4) is 11.5 Å². The molecule has 0 bridgehead atoms. The number of nitrogens with one attached hydrogen (secondary N) is 2. The van der Waals surface area contributed by atoms with E-state index in [9.17, 15) is 19.0 Å². The number of carbonyl (C=O) groups is 1. The highest BCUT2D eigenvalue weighted by molar-refractivity contribution is 7.51. The van der Waals surface area contributed by atoms with Crippen LogP contribution in [0.5, 0.6) is 0 Å². The number of hydroxylamine groups is 1. The van der Waals surface area contributed by atoms with Crippen molar-refractivity contribution in [1.82, 2.24) is 25.6 Å². The first-order valence-electron chi connectivity index (χ1n) is 9.07. The predicted octanol–water partition coefficient (Wildman–Crippen LogP) is 2.43. The van der Waals surface area contributed by atoms with Gasteiger partial charge in [0.15, 0.2) is 5.82 Å². The molecule has 0 radical (unpaired) electrons. The lowest BCUT2D eigenvalue weighted by Crippen LogP contribution is -2.29. The molecule has 0 aliphatic rings. The van der Waals surface area contributed by atoms with E-state index >= 15 is 0 Å². The lowest BCUT2D eigenvalue weighted by Gasteiger charge is -2.12. The van der Waals surface area contributed by atoms with Crippen LogP contribution in [0.15, 0.2) is 71.8 Å². The van der Waals surface area contributed by atoms with Crippen LogP contribution >= 0.6 is 7.60 Å². The fourth-order valence-corrected chi connectivity index (χ4v) is 3.83. The summed E-state index contributed by atoms with van der Waals surface area (Å²) in [6.07, 6.45) is 2.16. The molecule has 0 aliphatic carbocycles. The summed E-state index contributed by atoms with van der Waals surface area (Å²) in [7, 11) is -4.22. The summed E-state index contributed by atoms with van der Waals surface area (Å²) in [5, 5.41) is 9.40. The Morgan fingerprint density at radius 1 is 1.13 bits per heavy atom. The van der Waals surface area contributed by atoms with E-state index in [2.05, 4.69) is 20.2 Å². The standard InChI is InChI=1S/C20H16N5O5P/c26-19-16(11-21-18(23-19)17-6-3-9-22-24-17)20(27)25-30-31(28,29)12-13-7-8-14-4-1-2-5-15(14)10-13/h1-11H,12H2,(H,25,27)(H,28,29)(H,21,23,26). The summed E-state index contributed by atoms with van der Waals surface area (Å²) >= 11 is 0. The second-order valence-corrected chi connectivity index (χ2v) is 8.36. The molecule has 2 aromatic heterocycles. The molecule has 3 N–H and O–H groups in total. The van der Waals surface area contributed by atoms with Crippen LogP contribution in [0, 0.1) is 0 Å². The Kier molecular flexibility index (Phi) is 5.68. The molecule has 0 saturated carbocycles. The lowest BCUT2D eigenvalue weighted by molar-refractivity contribution is 0.0727. The zero-order chi connectivity index (χ0) is 21.8. The first kappa shape index (κ1) is 20.5. The molecule has 1 atom stereocenters. The molecule has 0 fully saturated rings. The average molecular weight is 437 g/mol. The van der Waals surface area contributed by atoms with Crippen LogP contribution in [0.3, 0.4) is 0 Å². The minimum Gasteiger partial charge on any atom is -0.323 e. The Bertz CT molecular complexity index is 1360. The van der Waals surface area contributed by atoms with E-state index in [-0.39, 0.29) is 12.0 Å². The van der Waals surface area contributed by atoms with Gasteiger partial charge < -0.3 is 9.88 Å². The van der Waals surface area contributed by atoms with E-state index in [1.165, 1.54) is 6.20 Å². The van der Waals surface area contributed by atoms with Crippen molar-refractivity contribution in [3.63, 3.8) is 0 Å². The van der Waals surface area contributed by atoms with Crippen LogP contribution in [-0.2, 0) is 15.4 Å². The number of hydrogen-bond acceptors (Lipinski definition) is 7. The Morgan fingerprint density at radius 3 is 2.68 bits per heavy atom. The molecule has 2 heterocycles. The van der Waals surface area contributed by atoms with Gasteiger partial charge in [0.25, 0.3) is 11.5 Å². The predicted molar refractivity (Wildman–Crippen MR) is 112 cm³/mol. The third-order valence-corrected chi connectivity index (χ3v) is 5.48. The van der Waals surface area contributed by atoms with Crippen LogP contribution in [0.2, 0.25) is 0 Å². The number of aromatic amines is 1. The van der Waals surface area contributed by atoms with Gasteiger partial charge in [0.2, 0.25) is 0 Å². The van der Waals surface area contributed by atoms with Gasteiger partial charge in [0, 0.05) is 12.4 Å². The molecule has 4 rings (SSSR count). The van der Waals surface area contributed by atoms with E-state index < -0.39 is 24.6 Å². The monoisotopic (exact) mass is 437 g/mol. The minimum atomic E-state index is -4.22. The number of aromatic nitrogens is 4. The van der Waals surface area contributed by atoms with Crippen LogP contribution < -0.4 is 11.0 Å². The molecule has 31 heavy (non-hydrogen) atoms. The highest BCUT2D eigenvalue weighted by Gasteiger charge is 2.23. The molecule has 0 aliphatic heterocycles. The third-order valence-electron chi connectivity index (χ3n) is 4.34. The smallest absolute Gasteiger partial charge is 0.323 e. The number of rotatable bonds is 6. The van der Waals surface area contributed by atoms with Crippen molar-refractivity contribution < 1.29 is 18.9 Å². The maximum absolute atomic E-state index is 12.4. The second kappa shape index (κ2) is 8.57. The van der Waals surface area contributed by atoms with Gasteiger partial charge >= 0.3 is 7.60 Å². The molecular formula is C20H16N5O5P. The Labute approximate surface area is 175 Å². The summed E-state index contributed by atoms with van der Waals surface area (Å²) < 4.78 is 17.1. The van der Waals surface area contributed by atoms with Crippen LogP contribution in [0.1, 0.15) is 15.9 Å². The van der Waals surface area contributed by atoms with E-state index in [4.69, 9.17) is 4.62 Å². The van der Waals surface area contributed by atoms with Gasteiger partial charge in [-0.2, -0.15) is 9.72 Å². The van der Waals surface area contributed by atoms with E-state index in [0.717, 1.165) is 17.0 Å². The number of hydrogen-bond donors (Lipinski definition) is 3. The van der Waals surface area contributed by atoms with E-state index in [1.807, 2.05) is 35.8 Å². The van der Waals surface area contributed by atoms with E-state index in [1.54, 1.807) is 24.3 Å².